The van der Waals surface area contributed by atoms with E-state index in [1.54, 1.807) is 4.68 Å². The van der Waals surface area contributed by atoms with Crippen LogP contribution in [0.4, 0.5) is 0 Å². The minimum absolute atomic E-state index is 0.471. The normalized spacial score (nSPS) is 10.6. The zero-order valence-electron chi connectivity index (χ0n) is 11.0. The molecule has 0 unspecified atom stereocenters. The van der Waals surface area contributed by atoms with Crippen molar-refractivity contribution >= 4 is 27.5 Å². The maximum atomic E-state index is 5.88. The molecule has 0 saturated heterocycles. The molecule has 0 saturated carbocycles. The van der Waals surface area contributed by atoms with Gasteiger partial charge < -0.3 is 4.74 Å². The highest BCUT2D eigenvalue weighted by Gasteiger charge is 2.04. The third kappa shape index (κ3) is 3.46. The van der Waals surface area contributed by atoms with Crippen molar-refractivity contribution in [3.05, 3.63) is 75.9 Å². The number of hydrogen-bond donors (Lipinski definition) is 0. The number of aromatic nitrogens is 2. The van der Waals surface area contributed by atoms with Gasteiger partial charge in [-0.15, -0.1) is 5.10 Å². The maximum Gasteiger partial charge on any atom is 0.233 e. The van der Waals surface area contributed by atoms with Crippen molar-refractivity contribution in [1.29, 1.82) is 0 Å². The number of benzene rings is 2. The molecule has 21 heavy (non-hydrogen) atoms. The van der Waals surface area contributed by atoms with Crippen LogP contribution in [0.5, 0.6) is 5.88 Å². The molecule has 106 valence electrons. The van der Waals surface area contributed by atoms with Crippen molar-refractivity contribution in [3.8, 4) is 11.6 Å². The molecule has 1 aromatic heterocycles. The summed E-state index contributed by atoms with van der Waals surface area (Å²) in [6, 6.07) is 17.3. The number of ether oxygens (including phenoxy) is 1. The predicted molar refractivity (Wildman–Crippen MR) is 87.0 cm³/mol. The second-order valence-corrected chi connectivity index (χ2v) is 5.75. The summed E-state index contributed by atoms with van der Waals surface area (Å²) in [5, 5.41) is 5.10. The van der Waals surface area contributed by atoms with Gasteiger partial charge in [0.05, 0.1) is 5.69 Å². The molecule has 0 amide bonds. The second kappa shape index (κ2) is 6.33. The van der Waals surface area contributed by atoms with Crippen LogP contribution >= 0.6 is 27.5 Å². The van der Waals surface area contributed by atoms with Gasteiger partial charge in [-0.2, -0.15) is 0 Å². The van der Waals surface area contributed by atoms with Crippen molar-refractivity contribution in [2.24, 2.45) is 0 Å². The molecule has 0 spiro atoms. The molecule has 0 fully saturated rings. The molecule has 3 nitrogen and oxygen atoms in total. The van der Waals surface area contributed by atoms with Crippen LogP contribution in [0, 0.1) is 0 Å². The summed E-state index contributed by atoms with van der Waals surface area (Å²) in [4.78, 5) is 0. The van der Waals surface area contributed by atoms with Gasteiger partial charge >= 0.3 is 0 Å². The Kier molecular flexibility index (Phi) is 4.27. The van der Waals surface area contributed by atoms with E-state index in [4.69, 9.17) is 16.3 Å². The number of hydrogen-bond acceptors (Lipinski definition) is 2. The van der Waals surface area contributed by atoms with Crippen molar-refractivity contribution in [1.82, 2.24) is 9.78 Å². The zero-order valence-corrected chi connectivity index (χ0v) is 13.4. The Hall–Kier alpha value is -1.78. The van der Waals surface area contributed by atoms with Gasteiger partial charge in [0.15, 0.2) is 0 Å². The van der Waals surface area contributed by atoms with E-state index in [2.05, 4.69) is 21.0 Å². The molecule has 0 aliphatic carbocycles. The number of nitrogens with zero attached hydrogens (tertiary/aromatic N) is 2. The first-order valence-electron chi connectivity index (χ1n) is 6.40. The van der Waals surface area contributed by atoms with Gasteiger partial charge in [-0.3, -0.25) is 0 Å². The fourth-order valence-corrected chi connectivity index (χ4v) is 2.41. The molecule has 1 heterocycles. The van der Waals surface area contributed by atoms with Gasteiger partial charge in [-0.05, 0) is 30.3 Å². The Morgan fingerprint density at radius 2 is 1.81 bits per heavy atom. The van der Waals surface area contributed by atoms with Crippen molar-refractivity contribution < 1.29 is 4.74 Å². The molecular formula is C16H12BrClN2O. The average molecular weight is 364 g/mol. The lowest BCUT2D eigenvalue weighted by atomic mass is 10.2. The van der Waals surface area contributed by atoms with E-state index >= 15 is 0 Å². The van der Waals surface area contributed by atoms with Crippen LogP contribution < -0.4 is 4.74 Å². The van der Waals surface area contributed by atoms with E-state index < -0.39 is 0 Å². The molecule has 0 aliphatic rings. The summed E-state index contributed by atoms with van der Waals surface area (Å²) in [5.74, 6) is 0.584. The van der Waals surface area contributed by atoms with Crippen LogP contribution in [-0.2, 0) is 6.61 Å². The lowest BCUT2D eigenvalue weighted by Crippen LogP contribution is -1.99. The molecule has 3 rings (SSSR count). The minimum Gasteiger partial charge on any atom is -0.472 e. The summed E-state index contributed by atoms with van der Waals surface area (Å²) in [5.41, 5.74) is 2.02. The first kappa shape index (κ1) is 14.2. The Bertz CT molecular complexity index is 740. The van der Waals surface area contributed by atoms with Crippen LogP contribution in [0.15, 0.2) is 65.3 Å². The van der Waals surface area contributed by atoms with E-state index in [1.807, 2.05) is 60.8 Å². The Morgan fingerprint density at radius 1 is 1.05 bits per heavy atom. The Labute approximate surface area is 136 Å². The first-order chi connectivity index (χ1) is 10.2. The van der Waals surface area contributed by atoms with Gasteiger partial charge in [0.1, 0.15) is 6.61 Å². The minimum atomic E-state index is 0.471. The zero-order chi connectivity index (χ0) is 14.7. The van der Waals surface area contributed by atoms with Gasteiger partial charge in [-0.25, -0.2) is 4.68 Å². The SMILES string of the molecule is Clc1ccc(-n2ccc(OCc3ccccc3Br)n2)cc1. The summed E-state index contributed by atoms with van der Waals surface area (Å²) in [7, 11) is 0. The van der Waals surface area contributed by atoms with Crippen molar-refractivity contribution in [3.63, 3.8) is 0 Å². The van der Waals surface area contributed by atoms with Crippen LogP contribution in [0.2, 0.25) is 5.02 Å². The van der Waals surface area contributed by atoms with Crippen LogP contribution in [0.25, 0.3) is 5.69 Å². The summed E-state index contributed by atoms with van der Waals surface area (Å²) in [6.07, 6.45) is 1.86. The largest absolute Gasteiger partial charge is 0.472 e. The van der Waals surface area contributed by atoms with E-state index in [9.17, 15) is 0 Å². The predicted octanol–water partition coefficient (Wildman–Crippen LogP) is 4.87. The summed E-state index contributed by atoms with van der Waals surface area (Å²) in [6.45, 7) is 0.471. The van der Waals surface area contributed by atoms with E-state index in [-0.39, 0.29) is 0 Å². The first-order valence-corrected chi connectivity index (χ1v) is 7.57. The molecule has 0 N–H and O–H groups in total. The monoisotopic (exact) mass is 362 g/mol. The summed E-state index contributed by atoms with van der Waals surface area (Å²) >= 11 is 9.38. The second-order valence-electron chi connectivity index (χ2n) is 4.46. The van der Waals surface area contributed by atoms with Crippen molar-refractivity contribution in [2.75, 3.05) is 0 Å². The highest BCUT2D eigenvalue weighted by molar-refractivity contribution is 9.10. The highest BCUT2D eigenvalue weighted by atomic mass is 79.9. The van der Waals surface area contributed by atoms with E-state index in [0.717, 1.165) is 15.7 Å². The molecule has 0 radical (unpaired) electrons. The third-order valence-corrected chi connectivity index (χ3v) is 4.01. The molecule has 3 aromatic rings. The lowest BCUT2D eigenvalue weighted by Gasteiger charge is -2.05. The summed E-state index contributed by atoms with van der Waals surface area (Å²) < 4.78 is 8.50. The fraction of sp³-hybridized carbons (Fsp3) is 0.0625. The lowest BCUT2D eigenvalue weighted by molar-refractivity contribution is 0.291. The molecule has 5 heteroatoms. The third-order valence-electron chi connectivity index (χ3n) is 2.99. The maximum absolute atomic E-state index is 5.88. The molecule has 0 aliphatic heterocycles. The van der Waals surface area contributed by atoms with Crippen LogP contribution in [0.3, 0.4) is 0 Å². The van der Waals surface area contributed by atoms with Gasteiger partial charge in [0.2, 0.25) is 5.88 Å². The van der Waals surface area contributed by atoms with Gasteiger partial charge in [-0.1, -0.05) is 45.7 Å². The Morgan fingerprint density at radius 3 is 2.57 bits per heavy atom. The van der Waals surface area contributed by atoms with Gasteiger partial charge in [0.25, 0.3) is 0 Å². The van der Waals surface area contributed by atoms with E-state index in [1.165, 1.54) is 0 Å². The molecular weight excluding hydrogens is 352 g/mol. The smallest absolute Gasteiger partial charge is 0.233 e. The van der Waals surface area contributed by atoms with Crippen LogP contribution in [-0.4, -0.2) is 9.78 Å². The van der Waals surface area contributed by atoms with Crippen molar-refractivity contribution in [2.45, 2.75) is 6.61 Å². The quantitative estimate of drug-likeness (QED) is 0.661. The fourth-order valence-electron chi connectivity index (χ4n) is 1.89. The topological polar surface area (TPSA) is 27.1 Å². The van der Waals surface area contributed by atoms with Crippen LogP contribution in [0.1, 0.15) is 5.56 Å². The molecule has 0 bridgehead atoms. The number of halogens is 2. The average Bonchev–Trinajstić information content (AvgIpc) is 2.96. The standard InChI is InChI=1S/C16H12BrClN2O/c17-15-4-2-1-3-12(15)11-21-16-9-10-20(19-16)14-7-5-13(18)6-8-14/h1-10H,11H2. The number of rotatable bonds is 4. The van der Waals surface area contributed by atoms with Gasteiger partial charge in [0, 0.05) is 27.3 Å². The van der Waals surface area contributed by atoms with E-state index in [0.29, 0.717) is 17.5 Å². The Balaban J connectivity index is 1.71. The highest BCUT2D eigenvalue weighted by Crippen LogP contribution is 2.19. The molecule has 0 atom stereocenters. The molecule has 2 aromatic carbocycles.